The summed E-state index contributed by atoms with van der Waals surface area (Å²) in [4.78, 5) is 4.31. The van der Waals surface area contributed by atoms with Gasteiger partial charge < -0.3 is 4.52 Å². The second kappa shape index (κ2) is 6.37. The highest BCUT2D eigenvalue weighted by molar-refractivity contribution is 5.36. The van der Waals surface area contributed by atoms with Crippen LogP contribution in [0.25, 0.3) is 0 Å². The van der Waals surface area contributed by atoms with E-state index in [0.717, 1.165) is 6.42 Å². The van der Waals surface area contributed by atoms with Crippen molar-refractivity contribution in [3.63, 3.8) is 0 Å². The van der Waals surface area contributed by atoms with Crippen LogP contribution in [0.2, 0.25) is 0 Å². The van der Waals surface area contributed by atoms with Crippen LogP contribution in [0.5, 0.6) is 0 Å². The van der Waals surface area contributed by atoms with E-state index in [-0.39, 0.29) is 5.92 Å². The van der Waals surface area contributed by atoms with E-state index in [4.69, 9.17) is 4.52 Å². The van der Waals surface area contributed by atoms with Crippen molar-refractivity contribution in [1.29, 1.82) is 0 Å². The lowest BCUT2D eigenvalue weighted by Crippen LogP contribution is -2.07. The molecule has 0 aliphatic heterocycles. The van der Waals surface area contributed by atoms with Crippen LogP contribution in [0, 0.1) is 27.7 Å². The first kappa shape index (κ1) is 15.5. The van der Waals surface area contributed by atoms with Crippen molar-refractivity contribution in [2.24, 2.45) is 0 Å². The van der Waals surface area contributed by atoms with Gasteiger partial charge >= 0.3 is 0 Å². The topological polar surface area (TPSA) is 38.9 Å². The Morgan fingerprint density at radius 1 is 0.913 bits per heavy atom. The van der Waals surface area contributed by atoms with Crippen molar-refractivity contribution >= 4 is 0 Å². The first-order valence-corrected chi connectivity index (χ1v) is 7.94. The first-order valence-electron chi connectivity index (χ1n) is 7.94. The van der Waals surface area contributed by atoms with Gasteiger partial charge in [0.25, 0.3) is 0 Å². The van der Waals surface area contributed by atoms with Gasteiger partial charge in [-0.2, -0.15) is 4.98 Å². The molecule has 0 radical (unpaired) electrons. The molecule has 1 heterocycles. The molecular weight excluding hydrogens is 284 g/mol. The smallest absolute Gasteiger partial charge is 0.234 e. The zero-order valence-corrected chi connectivity index (χ0v) is 14.1. The summed E-state index contributed by atoms with van der Waals surface area (Å²) in [5.41, 5.74) is 7.65. The predicted molar refractivity (Wildman–Crippen MR) is 91.7 cm³/mol. The Bertz CT molecular complexity index is 786. The lowest BCUT2D eigenvalue weighted by Gasteiger charge is -2.16. The second-order valence-corrected chi connectivity index (χ2v) is 6.38. The summed E-state index contributed by atoms with van der Waals surface area (Å²) in [7, 11) is 0. The Morgan fingerprint density at radius 2 is 1.65 bits per heavy atom. The normalized spacial score (nSPS) is 12.3. The van der Waals surface area contributed by atoms with Crippen LogP contribution in [0.15, 0.2) is 47.2 Å². The average molecular weight is 306 g/mol. The van der Waals surface area contributed by atoms with Crippen molar-refractivity contribution in [2.45, 2.75) is 40.0 Å². The molecule has 0 bridgehead atoms. The number of aryl methyl sites for hydroxylation is 4. The van der Waals surface area contributed by atoms with Crippen LogP contribution in [0.1, 0.15) is 45.2 Å². The zero-order valence-electron chi connectivity index (χ0n) is 14.1. The minimum Gasteiger partial charge on any atom is -0.339 e. The van der Waals surface area contributed by atoms with Crippen molar-refractivity contribution in [2.75, 3.05) is 0 Å². The molecule has 0 fully saturated rings. The minimum absolute atomic E-state index is 0.0817. The molecule has 0 saturated heterocycles. The number of rotatable bonds is 4. The quantitative estimate of drug-likeness (QED) is 0.702. The highest BCUT2D eigenvalue weighted by Crippen LogP contribution is 2.29. The largest absolute Gasteiger partial charge is 0.339 e. The molecule has 0 saturated carbocycles. The molecule has 1 aromatic heterocycles. The van der Waals surface area contributed by atoms with Gasteiger partial charge in [-0.05, 0) is 56.4 Å². The molecule has 2 aromatic carbocycles. The Kier molecular flexibility index (Phi) is 4.28. The van der Waals surface area contributed by atoms with Crippen molar-refractivity contribution in [1.82, 2.24) is 10.1 Å². The fourth-order valence-corrected chi connectivity index (χ4v) is 3.06. The van der Waals surface area contributed by atoms with Crippen molar-refractivity contribution < 1.29 is 4.52 Å². The van der Waals surface area contributed by atoms with Crippen LogP contribution >= 0.6 is 0 Å². The van der Waals surface area contributed by atoms with E-state index in [9.17, 15) is 0 Å². The molecule has 0 aliphatic carbocycles. The first-order chi connectivity index (χ1) is 11.0. The van der Waals surface area contributed by atoms with Gasteiger partial charge in [-0.1, -0.05) is 52.7 Å². The van der Waals surface area contributed by atoms with Crippen LogP contribution < -0.4 is 0 Å². The molecule has 3 rings (SSSR count). The zero-order chi connectivity index (χ0) is 16.4. The summed E-state index contributed by atoms with van der Waals surface area (Å²) < 4.78 is 5.39. The third-order valence-electron chi connectivity index (χ3n) is 4.33. The fraction of sp³-hybridized carbons (Fsp3) is 0.300. The second-order valence-electron chi connectivity index (χ2n) is 6.38. The van der Waals surface area contributed by atoms with E-state index in [0.29, 0.717) is 5.89 Å². The number of hydrogen-bond donors (Lipinski definition) is 0. The van der Waals surface area contributed by atoms with E-state index in [2.05, 4.69) is 74.2 Å². The predicted octanol–water partition coefficient (Wildman–Crippen LogP) is 4.68. The third kappa shape index (κ3) is 3.50. The van der Waals surface area contributed by atoms with Gasteiger partial charge in [0, 0.05) is 0 Å². The Labute approximate surface area is 137 Å². The summed E-state index contributed by atoms with van der Waals surface area (Å²) in [6, 6.07) is 13.2. The minimum atomic E-state index is 0.0817. The molecule has 0 amide bonds. The van der Waals surface area contributed by atoms with Gasteiger partial charge in [-0.3, -0.25) is 0 Å². The van der Waals surface area contributed by atoms with E-state index in [1.165, 1.54) is 39.7 Å². The van der Waals surface area contributed by atoms with E-state index in [1.807, 2.05) is 0 Å². The highest BCUT2D eigenvalue weighted by Gasteiger charge is 2.21. The lowest BCUT2D eigenvalue weighted by molar-refractivity contribution is 0.363. The lowest BCUT2D eigenvalue weighted by atomic mass is 9.89. The van der Waals surface area contributed by atoms with Gasteiger partial charge in [0.2, 0.25) is 5.89 Å². The molecule has 3 nitrogen and oxygen atoms in total. The molecule has 0 aliphatic rings. The highest BCUT2D eigenvalue weighted by atomic mass is 16.5. The molecular formula is C20H22N2O. The van der Waals surface area contributed by atoms with Gasteiger partial charge in [0.1, 0.15) is 0 Å². The summed E-state index contributed by atoms with van der Waals surface area (Å²) >= 11 is 0. The molecule has 3 aromatic rings. The van der Waals surface area contributed by atoms with E-state index < -0.39 is 0 Å². The third-order valence-corrected chi connectivity index (χ3v) is 4.33. The number of benzene rings is 2. The molecule has 0 spiro atoms. The summed E-state index contributed by atoms with van der Waals surface area (Å²) in [5, 5.41) is 3.80. The number of hydrogen-bond acceptors (Lipinski definition) is 3. The molecule has 118 valence electrons. The molecule has 1 atom stereocenters. The SMILES string of the molecule is Cc1cc(C)cc(C(Cc2ccc(C)c(C)c2)c2ncno2)c1. The van der Waals surface area contributed by atoms with Gasteiger partial charge in [-0.25, -0.2) is 0 Å². The molecule has 1 unspecified atom stereocenters. The van der Waals surface area contributed by atoms with Gasteiger partial charge in [0.15, 0.2) is 6.33 Å². The summed E-state index contributed by atoms with van der Waals surface area (Å²) in [5.74, 6) is 0.756. The molecule has 0 N–H and O–H groups in total. The maximum absolute atomic E-state index is 5.39. The maximum atomic E-state index is 5.39. The van der Waals surface area contributed by atoms with Crippen LogP contribution in [-0.2, 0) is 6.42 Å². The van der Waals surface area contributed by atoms with E-state index >= 15 is 0 Å². The average Bonchev–Trinajstić information content (AvgIpc) is 3.01. The maximum Gasteiger partial charge on any atom is 0.234 e. The molecule has 3 heteroatoms. The van der Waals surface area contributed by atoms with E-state index in [1.54, 1.807) is 0 Å². The standard InChI is InChI=1S/C20H22N2O/c1-13-7-14(2)9-18(8-13)19(20-21-12-22-23-20)11-17-6-5-15(3)16(4)10-17/h5-10,12,19H,11H2,1-4H3. The molecule has 23 heavy (non-hydrogen) atoms. The van der Waals surface area contributed by atoms with Crippen LogP contribution in [-0.4, -0.2) is 10.1 Å². The summed E-state index contributed by atoms with van der Waals surface area (Å²) in [6.45, 7) is 8.53. The van der Waals surface area contributed by atoms with Crippen molar-refractivity contribution in [3.05, 3.63) is 82.0 Å². The Hall–Kier alpha value is -2.42. The van der Waals surface area contributed by atoms with Gasteiger partial charge in [0.05, 0.1) is 5.92 Å². The van der Waals surface area contributed by atoms with Crippen LogP contribution in [0.4, 0.5) is 0 Å². The van der Waals surface area contributed by atoms with Gasteiger partial charge in [-0.15, -0.1) is 0 Å². The fourth-order valence-electron chi connectivity index (χ4n) is 3.06. The van der Waals surface area contributed by atoms with Crippen LogP contribution in [0.3, 0.4) is 0 Å². The summed E-state index contributed by atoms with van der Waals surface area (Å²) in [6.07, 6.45) is 2.33. The number of aromatic nitrogens is 2. The monoisotopic (exact) mass is 306 g/mol. The van der Waals surface area contributed by atoms with Crippen molar-refractivity contribution in [3.8, 4) is 0 Å². The Balaban J connectivity index is 2.00. The number of nitrogens with zero attached hydrogens (tertiary/aromatic N) is 2. The Morgan fingerprint density at radius 3 is 2.26 bits per heavy atom.